The van der Waals surface area contributed by atoms with Crippen LogP contribution in [-0.4, -0.2) is 24.5 Å². The molecule has 23 heavy (non-hydrogen) atoms. The summed E-state index contributed by atoms with van der Waals surface area (Å²) in [6.45, 7) is -0.181. The maximum Gasteiger partial charge on any atom is 0.265 e. The molecule has 6 heteroatoms. The predicted octanol–water partition coefficient (Wildman–Crippen LogP) is 1.49. The quantitative estimate of drug-likeness (QED) is 0.875. The van der Waals surface area contributed by atoms with E-state index in [0.29, 0.717) is 17.9 Å². The van der Waals surface area contributed by atoms with Gasteiger partial charge in [-0.2, -0.15) is 0 Å². The standard InChI is InChI=1S/C17H16N2O4/c18-16(20)10-22-13-7-5-12(6-8-13)19-17(21)15-9-11-3-1-2-4-14(11)23-15/h1-8,15H,9-10H2,(H2,18,20)(H,19,21)/t15-/m1/s1. The molecule has 2 amide bonds. The second kappa shape index (κ2) is 6.39. The molecule has 1 aliphatic rings. The summed E-state index contributed by atoms with van der Waals surface area (Å²) in [6, 6.07) is 14.3. The lowest BCUT2D eigenvalue weighted by Crippen LogP contribution is -2.31. The zero-order valence-corrected chi connectivity index (χ0v) is 12.3. The third-order valence-electron chi connectivity index (χ3n) is 3.44. The molecule has 0 bridgehead atoms. The lowest BCUT2D eigenvalue weighted by Gasteiger charge is -2.12. The third-order valence-corrected chi connectivity index (χ3v) is 3.44. The maximum atomic E-state index is 12.3. The average Bonchev–Trinajstić information content (AvgIpc) is 2.98. The van der Waals surface area contributed by atoms with Crippen LogP contribution in [0.1, 0.15) is 5.56 Å². The Hall–Kier alpha value is -3.02. The number of anilines is 1. The highest BCUT2D eigenvalue weighted by Gasteiger charge is 2.28. The fourth-order valence-electron chi connectivity index (χ4n) is 2.34. The van der Waals surface area contributed by atoms with E-state index in [2.05, 4.69) is 5.32 Å². The van der Waals surface area contributed by atoms with Crippen molar-refractivity contribution in [1.29, 1.82) is 0 Å². The molecule has 0 aliphatic carbocycles. The minimum absolute atomic E-state index is 0.181. The Morgan fingerprint density at radius 1 is 1.17 bits per heavy atom. The second-order valence-corrected chi connectivity index (χ2v) is 5.19. The van der Waals surface area contributed by atoms with E-state index in [1.807, 2.05) is 24.3 Å². The largest absolute Gasteiger partial charge is 0.484 e. The van der Waals surface area contributed by atoms with Crippen LogP contribution in [0.15, 0.2) is 48.5 Å². The van der Waals surface area contributed by atoms with E-state index in [4.69, 9.17) is 15.2 Å². The normalized spacial score (nSPS) is 15.4. The van der Waals surface area contributed by atoms with Gasteiger partial charge in [0.05, 0.1) is 0 Å². The molecule has 0 fully saturated rings. The Kier molecular flexibility index (Phi) is 4.14. The number of para-hydroxylation sites is 1. The molecule has 1 heterocycles. The summed E-state index contributed by atoms with van der Waals surface area (Å²) >= 11 is 0. The van der Waals surface area contributed by atoms with Crippen molar-refractivity contribution in [3.05, 3.63) is 54.1 Å². The number of hydrogen-bond donors (Lipinski definition) is 2. The number of primary amides is 1. The maximum absolute atomic E-state index is 12.3. The Morgan fingerprint density at radius 3 is 2.61 bits per heavy atom. The zero-order chi connectivity index (χ0) is 16.2. The lowest BCUT2D eigenvalue weighted by atomic mass is 10.1. The summed E-state index contributed by atoms with van der Waals surface area (Å²) in [5, 5.41) is 2.80. The van der Waals surface area contributed by atoms with Crippen molar-refractivity contribution in [3.63, 3.8) is 0 Å². The molecule has 1 atom stereocenters. The molecule has 1 aliphatic heterocycles. The Balaban J connectivity index is 1.57. The van der Waals surface area contributed by atoms with Crippen molar-refractivity contribution in [3.8, 4) is 11.5 Å². The van der Waals surface area contributed by atoms with Crippen molar-refractivity contribution < 1.29 is 19.1 Å². The Labute approximate surface area is 133 Å². The van der Waals surface area contributed by atoms with E-state index in [0.717, 1.165) is 11.3 Å². The summed E-state index contributed by atoms with van der Waals surface area (Å²) in [5.74, 6) is 0.515. The summed E-state index contributed by atoms with van der Waals surface area (Å²) in [5.41, 5.74) is 6.66. The van der Waals surface area contributed by atoms with Gasteiger partial charge in [-0.05, 0) is 35.9 Å². The van der Waals surface area contributed by atoms with Gasteiger partial charge in [0.1, 0.15) is 11.5 Å². The number of benzene rings is 2. The van der Waals surface area contributed by atoms with Crippen LogP contribution in [0.3, 0.4) is 0 Å². The summed E-state index contributed by atoms with van der Waals surface area (Å²) < 4.78 is 10.8. The number of amides is 2. The first kappa shape index (κ1) is 14.9. The van der Waals surface area contributed by atoms with Gasteiger partial charge < -0.3 is 20.5 Å². The summed E-state index contributed by atoms with van der Waals surface area (Å²) in [7, 11) is 0. The fourth-order valence-corrected chi connectivity index (χ4v) is 2.34. The molecule has 0 aromatic heterocycles. The van der Waals surface area contributed by atoms with Gasteiger partial charge in [0.2, 0.25) is 0 Å². The summed E-state index contributed by atoms with van der Waals surface area (Å²) in [4.78, 5) is 22.9. The zero-order valence-electron chi connectivity index (χ0n) is 12.3. The lowest BCUT2D eigenvalue weighted by molar-refractivity contribution is -0.122. The fraction of sp³-hybridized carbons (Fsp3) is 0.176. The molecule has 3 N–H and O–H groups in total. The number of nitrogens with one attached hydrogen (secondary N) is 1. The minimum atomic E-state index is -0.541. The molecule has 3 rings (SSSR count). The number of nitrogens with two attached hydrogens (primary N) is 1. The number of ether oxygens (including phenoxy) is 2. The van der Waals surface area contributed by atoms with Crippen LogP contribution in [0.5, 0.6) is 11.5 Å². The van der Waals surface area contributed by atoms with E-state index in [9.17, 15) is 9.59 Å². The van der Waals surface area contributed by atoms with Crippen molar-refractivity contribution in [2.45, 2.75) is 12.5 Å². The van der Waals surface area contributed by atoms with Crippen LogP contribution in [0.4, 0.5) is 5.69 Å². The molecule has 2 aromatic rings. The van der Waals surface area contributed by atoms with E-state index in [1.54, 1.807) is 24.3 Å². The van der Waals surface area contributed by atoms with Gasteiger partial charge in [-0.15, -0.1) is 0 Å². The van der Waals surface area contributed by atoms with Crippen molar-refractivity contribution >= 4 is 17.5 Å². The smallest absolute Gasteiger partial charge is 0.265 e. The molecular formula is C17H16N2O4. The minimum Gasteiger partial charge on any atom is -0.484 e. The topological polar surface area (TPSA) is 90.7 Å². The average molecular weight is 312 g/mol. The van der Waals surface area contributed by atoms with Gasteiger partial charge in [0.15, 0.2) is 12.7 Å². The van der Waals surface area contributed by atoms with Crippen molar-refractivity contribution in [2.24, 2.45) is 5.73 Å². The Morgan fingerprint density at radius 2 is 1.91 bits per heavy atom. The van der Waals surface area contributed by atoms with Crippen LogP contribution < -0.4 is 20.5 Å². The van der Waals surface area contributed by atoms with Gasteiger partial charge in [-0.3, -0.25) is 9.59 Å². The summed E-state index contributed by atoms with van der Waals surface area (Å²) in [6.07, 6.45) is 0.0279. The highest BCUT2D eigenvalue weighted by atomic mass is 16.5. The number of rotatable bonds is 5. The monoisotopic (exact) mass is 312 g/mol. The van der Waals surface area contributed by atoms with Gasteiger partial charge in [0.25, 0.3) is 11.8 Å². The molecule has 0 unspecified atom stereocenters. The van der Waals surface area contributed by atoms with E-state index in [-0.39, 0.29) is 12.5 Å². The second-order valence-electron chi connectivity index (χ2n) is 5.19. The van der Waals surface area contributed by atoms with Gasteiger partial charge in [-0.25, -0.2) is 0 Å². The molecule has 0 radical (unpaired) electrons. The number of hydrogen-bond acceptors (Lipinski definition) is 4. The number of fused-ring (bicyclic) bond motifs is 1. The molecule has 2 aromatic carbocycles. The first-order valence-corrected chi connectivity index (χ1v) is 7.18. The number of carbonyl (C=O) groups excluding carboxylic acids is 2. The molecule has 6 nitrogen and oxygen atoms in total. The molecule has 0 saturated carbocycles. The van der Waals surface area contributed by atoms with E-state index >= 15 is 0 Å². The van der Waals surface area contributed by atoms with Crippen LogP contribution in [0.2, 0.25) is 0 Å². The molecular weight excluding hydrogens is 296 g/mol. The SMILES string of the molecule is NC(=O)COc1ccc(NC(=O)[C@H]2Cc3ccccc3O2)cc1. The molecule has 0 spiro atoms. The van der Waals surface area contributed by atoms with Gasteiger partial charge >= 0.3 is 0 Å². The first-order chi connectivity index (χ1) is 11.1. The van der Waals surface area contributed by atoms with Crippen LogP contribution in [-0.2, 0) is 16.0 Å². The van der Waals surface area contributed by atoms with E-state index < -0.39 is 12.0 Å². The van der Waals surface area contributed by atoms with Gasteiger partial charge in [-0.1, -0.05) is 18.2 Å². The van der Waals surface area contributed by atoms with Crippen molar-refractivity contribution in [2.75, 3.05) is 11.9 Å². The van der Waals surface area contributed by atoms with E-state index in [1.165, 1.54) is 0 Å². The van der Waals surface area contributed by atoms with Crippen LogP contribution >= 0.6 is 0 Å². The molecule has 0 saturated heterocycles. The van der Waals surface area contributed by atoms with Crippen molar-refractivity contribution in [1.82, 2.24) is 0 Å². The van der Waals surface area contributed by atoms with Crippen LogP contribution in [0, 0.1) is 0 Å². The van der Waals surface area contributed by atoms with Gasteiger partial charge in [0, 0.05) is 12.1 Å². The highest BCUT2D eigenvalue weighted by molar-refractivity contribution is 5.95. The Bertz CT molecular complexity index is 703. The third kappa shape index (κ3) is 3.60. The number of carbonyl (C=O) groups is 2. The first-order valence-electron chi connectivity index (χ1n) is 7.18. The van der Waals surface area contributed by atoms with Crippen LogP contribution in [0.25, 0.3) is 0 Å². The highest BCUT2D eigenvalue weighted by Crippen LogP contribution is 2.28. The molecule has 118 valence electrons. The predicted molar refractivity (Wildman–Crippen MR) is 84.3 cm³/mol.